The summed E-state index contributed by atoms with van der Waals surface area (Å²) in [6.07, 6.45) is -4.28. The van der Waals surface area contributed by atoms with Crippen molar-refractivity contribution in [2.45, 2.75) is 37.5 Å². The Morgan fingerprint density at radius 3 is 2.50 bits per heavy atom. The molecule has 0 spiro atoms. The second-order valence-electron chi connectivity index (χ2n) is 3.84. The minimum Gasteiger partial charge on any atom is -0.390 e. The summed E-state index contributed by atoms with van der Waals surface area (Å²) in [5, 5.41) is 34.3. The van der Waals surface area contributed by atoms with Crippen molar-refractivity contribution in [3.63, 3.8) is 0 Å². The fourth-order valence-corrected chi connectivity index (χ4v) is 1.74. The number of hydrogen-bond donors (Lipinski definition) is 5. The molecule has 0 radical (unpaired) electrons. The van der Waals surface area contributed by atoms with Gasteiger partial charge in [-0.1, -0.05) is 0 Å². The summed E-state index contributed by atoms with van der Waals surface area (Å²) in [5.74, 6) is -0.383. The van der Waals surface area contributed by atoms with Crippen LogP contribution in [0, 0.1) is 0 Å². The number of hydrogen-bond acceptors (Lipinski definition) is 6. The van der Waals surface area contributed by atoms with Gasteiger partial charge in [-0.25, -0.2) is 0 Å². The molecular formula is C9H18N2O5. The Bertz CT molecular complexity index is 250. The predicted molar refractivity (Wildman–Crippen MR) is 54.4 cm³/mol. The maximum atomic E-state index is 10.9. The molecule has 0 aromatic heterocycles. The molecule has 0 bridgehead atoms. The highest BCUT2D eigenvalue weighted by Crippen LogP contribution is 2.13. The molecule has 7 nitrogen and oxygen atoms in total. The van der Waals surface area contributed by atoms with Gasteiger partial charge < -0.3 is 25.4 Å². The Hall–Kier alpha value is -0.730. The van der Waals surface area contributed by atoms with E-state index in [1.165, 1.54) is 14.0 Å². The topological polar surface area (TPSA) is 111 Å². The molecule has 1 amide bonds. The average Bonchev–Trinajstić information content (AvgIpc) is 2.32. The molecule has 0 aliphatic carbocycles. The number of amides is 1. The van der Waals surface area contributed by atoms with Crippen LogP contribution in [0.3, 0.4) is 0 Å². The number of methoxy groups -OCH3 is 1. The quantitative estimate of drug-likeness (QED) is 0.352. The van der Waals surface area contributed by atoms with E-state index in [1.54, 1.807) is 0 Å². The molecule has 5 atom stereocenters. The van der Waals surface area contributed by atoms with Crippen molar-refractivity contribution in [1.82, 2.24) is 10.6 Å². The lowest BCUT2D eigenvalue weighted by molar-refractivity contribution is -0.124. The van der Waals surface area contributed by atoms with Gasteiger partial charge in [0.15, 0.2) is 0 Å². The average molecular weight is 234 g/mol. The lowest BCUT2D eigenvalue weighted by Gasteiger charge is -2.28. The molecule has 16 heavy (non-hydrogen) atoms. The highest BCUT2D eigenvalue weighted by molar-refractivity contribution is 5.73. The van der Waals surface area contributed by atoms with Gasteiger partial charge in [-0.05, 0) is 0 Å². The van der Waals surface area contributed by atoms with Crippen LogP contribution in [-0.2, 0) is 9.53 Å². The van der Waals surface area contributed by atoms with Gasteiger partial charge in [0.25, 0.3) is 0 Å². The molecule has 1 saturated heterocycles. The van der Waals surface area contributed by atoms with Gasteiger partial charge in [0.2, 0.25) is 5.91 Å². The van der Waals surface area contributed by atoms with E-state index >= 15 is 0 Å². The second-order valence-corrected chi connectivity index (χ2v) is 3.84. The first-order valence-corrected chi connectivity index (χ1v) is 5.05. The minimum atomic E-state index is -1.29. The number of carbonyl (C=O) groups excluding carboxylic acids is 1. The molecule has 1 fully saturated rings. The zero-order chi connectivity index (χ0) is 12.3. The first-order valence-electron chi connectivity index (χ1n) is 5.05. The maximum Gasteiger partial charge on any atom is 0.217 e. The molecule has 0 unspecified atom stereocenters. The van der Waals surface area contributed by atoms with Gasteiger partial charge in [-0.15, -0.1) is 0 Å². The Morgan fingerprint density at radius 1 is 1.38 bits per heavy atom. The van der Waals surface area contributed by atoms with Gasteiger partial charge in [-0.3, -0.25) is 10.1 Å². The Balaban J connectivity index is 2.78. The third-order valence-electron chi connectivity index (χ3n) is 2.59. The van der Waals surface area contributed by atoms with Gasteiger partial charge in [0, 0.05) is 20.6 Å². The third-order valence-corrected chi connectivity index (χ3v) is 2.59. The Morgan fingerprint density at radius 2 is 2.00 bits per heavy atom. The number of rotatable bonds is 2. The van der Waals surface area contributed by atoms with E-state index in [4.69, 9.17) is 4.74 Å². The van der Waals surface area contributed by atoms with Crippen LogP contribution in [0.2, 0.25) is 0 Å². The molecule has 1 heterocycles. The standard InChI is InChI=1S/C9H18N2O5/c1-4(12)11-6-5(13)3-10-9(16-2)8(15)7(6)14/h5-10,13-15H,3H2,1-2H3,(H,11,12)/t5-,6+,7-,8+,9+/m1/s1. The fraction of sp³-hybridized carbons (Fsp3) is 0.889. The molecule has 0 saturated carbocycles. The molecule has 0 aromatic carbocycles. The zero-order valence-electron chi connectivity index (χ0n) is 9.25. The Labute approximate surface area is 93.4 Å². The van der Waals surface area contributed by atoms with Crippen molar-refractivity contribution in [3.8, 4) is 0 Å². The van der Waals surface area contributed by atoms with Crippen molar-refractivity contribution in [3.05, 3.63) is 0 Å². The largest absolute Gasteiger partial charge is 0.390 e. The van der Waals surface area contributed by atoms with E-state index in [1.807, 2.05) is 0 Å². The molecular weight excluding hydrogens is 216 g/mol. The molecule has 1 aliphatic heterocycles. The summed E-state index contributed by atoms with van der Waals surface area (Å²) in [7, 11) is 1.37. The number of carbonyl (C=O) groups is 1. The minimum absolute atomic E-state index is 0.109. The SMILES string of the molecule is CO[C@@H]1NC[C@@H](O)[C@H](NC(C)=O)[C@@H](O)[C@@H]1O. The third kappa shape index (κ3) is 2.89. The van der Waals surface area contributed by atoms with Crippen LogP contribution in [-0.4, -0.2) is 65.5 Å². The number of nitrogens with one attached hydrogen (secondary N) is 2. The first-order chi connectivity index (χ1) is 7.47. The van der Waals surface area contributed by atoms with Gasteiger partial charge >= 0.3 is 0 Å². The molecule has 7 heteroatoms. The number of ether oxygens (including phenoxy) is 1. The van der Waals surface area contributed by atoms with Crippen LogP contribution in [0.1, 0.15) is 6.92 Å². The van der Waals surface area contributed by atoms with Crippen LogP contribution in [0.4, 0.5) is 0 Å². The van der Waals surface area contributed by atoms with E-state index < -0.39 is 30.6 Å². The van der Waals surface area contributed by atoms with Crippen LogP contribution < -0.4 is 10.6 Å². The molecule has 5 N–H and O–H groups in total. The van der Waals surface area contributed by atoms with E-state index in [0.717, 1.165) is 0 Å². The molecule has 1 aliphatic rings. The first kappa shape index (κ1) is 13.3. The monoisotopic (exact) mass is 234 g/mol. The van der Waals surface area contributed by atoms with E-state index in [2.05, 4.69) is 10.6 Å². The maximum absolute atomic E-state index is 10.9. The highest BCUT2D eigenvalue weighted by atomic mass is 16.5. The summed E-state index contributed by atoms with van der Waals surface area (Å²) < 4.78 is 4.91. The fourth-order valence-electron chi connectivity index (χ4n) is 1.74. The van der Waals surface area contributed by atoms with E-state index in [-0.39, 0.29) is 12.5 Å². The summed E-state index contributed by atoms with van der Waals surface area (Å²) in [6.45, 7) is 1.38. The summed E-state index contributed by atoms with van der Waals surface area (Å²) in [6, 6.07) is -0.917. The van der Waals surface area contributed by atoms with Crippen molar-refractivity contribution in [2.75, 3.05) is 13.7 Å². The predicted octanol–water partition coefficient (Wildman–Crippen LogP) is -2.85. The van der Waals surface area contributed by atoms with Crippen LogP contribution in [0.25, 0.3) is 0 Å². The van der Waals surface area contributed by atoms with E-state index in [0.29, 0.717) is 0 Å². The lowest BCUT2D eigenvalue weighted by Crippen LogP contribution is -2.55. The van der Waals surface area contributed by atoms with Crippen LogP contribution >= 0.6 is 0 Å². The number of β-amino-alcohol motifs (C(OH)–C–C–N with tert-alkyl or cyclic N) is 1. The zero-order valence-corrected chi connectivity index (χ0v) is 9.25. The van der Waals surface area contributed by atoms with Crippen molar-refractivity contribution in [1.29, 1.82) is 0 Å². The summed E-state index contributed by atoms with van der Waals surface area (Å²) in [4.78, 5) is 10.9. The van der Waals surface area contributed by atoms with Crippen molar-refractivity contribution < 1.29 is 24.9 Å². The lowest BCUT2D eigenvalue weighted by atomic mass is 10.0. The molecule has 0 aromatic rings. The smallest absolute Gasteiger partial charge is 0.217 e. The van der Waals surface area contributed by atoms with Gasteiger partial charge in [0.05, 0.1) is 12.1 Å². The summed E-state index contributed by atoms with van der Waals surface area (Å²) >= 11 is 0. The van der Waals surface area contributed by atoms with Crippen LogP contribution in [0.15, 0.2) is 0 Å². The van der Waals surface area contributed by atoms with Gasteiger partial charge in [-0.2, -0.15) is 0 Å². The second kappa shape index (κ2) is 5.55. The van der Waals surface area contributed by atoms with Crippen molar-refractivity contribution in [2.24, 2.45) is 0 Å². The normalized spacial score (nSPS) is 40.2. The van der Waals surface area contributed by atoms with Gasteiger partial charge in [0.1, 0.15) is 18.4 Å². The Kier molecular flexibility index (Phi) is 4.63. The number of aliphatic hydroxyl groups is 3. The van der Waals surface area contributed by atoms with Crippen molar-refractivity contribution >= 4 is 5.91 Å². The molecule has 1 rings (SSSR count). The highest BCUT2D eigenvalue weighted by Gasteiger charge is 2.40. The summed E-state index contributed by atoms with van der Waals surface area (Å²) in [5.41, 5.74) is 0. The number of aliphatic hydroxyl groups excluding tert-OH is 3. The van der Waals surface area contributed by atoms with Crippen LogP contribution in [0.5, 0.6) is 0 Å². The molecule has 94 valence electrons. The van der Waals surface area contributed by atoms with E-state index in [9.17, 15) is 20.1 Å².